The molecule has 16 heavy (non-hydrogen) atoms. The molecule has 0 aliphatic heterocycles. The van der Waals surface area contributed by atoms with E-state index in [-0.39, 0.29) is 18.4 Å². The molecule has 88 valence electrons. The third-order valence-electron chi connectivity index (χ3n) is 1.99. The van der Waals surface area contributed by atoms with Crippen LogP contribution in [0.25, 0.3) is 11.6 Å². The summed E-state index contributed by atoms with van der Waals surface area (Å²) in [5, 5.41) is 3.79. The molecule has 0 aliphatic rings. The summed E-state index contributed by atoms with van der Waals surface area (Å²) in [6.45, 7) is 1.96. The van der Waals surface area contributed by atoms with E-state index in [9.17, 15) is 0 Å². The summed E-state index contributed by atoms with van der Waals surface area (Å²) >= 11 is 3.20. The van der Waals surface area contributed by atoms with Crippen molar-refractivity contribution in [1.82, 2.24) is 10.1 Å². The fourth-order valence-electron chi connectivity index (χ4n) is 1.09. The second-order valence-corrected chi connectivity index (χ2v) is 3.86. The van der Waals surface area contributed by atoms with Crippen LogP contribution in [-0.4, -0.2) is 10.1 Å². The largest absolute Gasteiger partial charge is 0.446 e. The van der Waals surface area contributed by atoms with Crippen LogP contribution in [0.2, 0.25) is 0 Å². The zero-order valence-electron chi connectivity index (χ0n) is 8.51. The summed E-state index contributed by atoms with van der Waals surface area (Å²) in [7, 11) is 0. The van der Waals surface area contributed by atoms with Crippen LogP contribution in [0.1, 0.15) is 25.3 Å². The second kappa shape index (κ2) is 5.47. The first-order chi connectivity index (χ1) is 7.20. The van der Waals surface area contributed by atoms with E-state index in [4.69, 9.17) is 14.7 Å². The third kappa shape index (κ3) is 2.63. The predicted octanol–water partition coefficient (Wildman–Crippen LogP) is 2.92. The fourth-order valence-corrected chi connectivity index (χ4v) is 1.40. The van der Waals surface area contributed by atoms with E-state index in [1.54, 1.807) is 12.1 Å². The number of hydrogen-bond acceptors (Lipinski definition) is 5. The Hall–Kier alpha value is -0.850. The molecule has 0 unspecified atom stereocenters. The Morgan fingerprint density at radius 3 is 2.81 bits per heavy atom. The number of rotatable bonds is 3. The fraction of sp³-hybridized carbons (Fsp3) is 0.333. The monoisotopic (exact) mass is 307 g/mol. The van der Waals surface area contributed by atoms with Crippen LogP contribution < -0.4 is 5.73 Å². The maximum absolute atomic E-state index is 5.75. The first-order valence-electron chi connectivity index (χ1n) is 4.55. The molecule has 5 nitrogen and oxygen atoms in total. The minimum absolute atomic E-state index is 0. The molecule has 0 fully saturated rings. The van der Waals surface area contributed by atoms with Gasteiger partial charge in [0, 0.05) is 0 Å². The summed E-state index contributed by atoms with van der Waals surface area (Å²) in [6.07, 6.45) is 0.753. The lowest BCUT2D eigenvalue weighted by molar-refractivity contribution is 0.351. The number of nitrogens with two attached hydrogens (primary N) is 1. The van der Waals surface area contributed by atoms with Crippen LogP contribution in [0.5, 0.6) is 0 Å². The molecule has 0 radical (unpaired) electrons. The van der Waals surface area contributed by atoms with Gasteiger partial charge in [0.2, 0.25) is 11.7 Å². The highest BCUT2D eigenvalue weighted by Gasteiger charge is 2.15. The van der Waals surface area contributed by atoms with Crippen molar-refractivity contribution in [3.8, 4) is 11.6 Å². The molecule has 0 aromatic carbocycles. The Morgan fingerprint density at radius 1 is 1.50 bits per heavy atom. The first kappa shape index (κ1) is 13.2. The van der Waals surface area contributed by atoms with Crippen LogP contribution in [0.15, 0.2) is 25.7 Å². The Bertz CT molecular complexity index is 457. The number of hydrogen-bond donors (Lipinski definition) is 1. The molecule has 7 heteroatoms. The maximum Gasteiger partial charge on any atom is 0.243 e. The highest BCUT2D eigenvalue weighted by Crippen LogP contribution is 2.23. The molecule has 2 aromatic heterocycles. The number of nitrogens with zero attached hydrogens (tertiary/aromatic N) is 2. The van der Waals surface area contributed by atoms with Gasteiger partial charge >= 0.3 is 0 Å². The van der Waals surface area contributed by atoms with Gasteiger partial charge in [0.25, 0.3) is 0 Å². The Balaban J connectivity index is 0.00000128. The molecule has 2 rings (SSSR count). The van der Waals surface area contributed by atoms with Crippen molar-refractivity contribution in [3.63, 3.8) is 0 Å². The molecular formula is C9H11BrClN3O2. The van der Waals surface area contributed by atoms with E-state index in [0.29, 0.717) is 22.1 Å². The van der Waals surface area contributed by atoms with Crippen LogP contribution in [-0.2, 0) is 0 Å². The SMILES string of the molecule is CC[C@H](N)c1nc(-c2ccc(Br)o2)no1.Cl. The van der Waals surface area contributed by atoms with Crippen molar-refractivity contribution in [2.45, 2.75) is 19.4 Å². The van der Waals surface area contributed by atoms with E-state index in [1.807, 2.05) is 6.92 Å². The van der Waals surface area contributed by atoms with Gasteiger partial charge in [0.05, 0.1) is 6.04 Å². The summed E-state index contributed by atoms with van der Waals surface area (Å²) in [5.41, 5.74) is 5.75. The van der Waals surface area contributed by atoms with Gasteiger partial charge in [0.1, 0.15) is 0 Å². The highest BCUT2D eigenvalue weighted by molar-refractivity contribution is 9.10. The van der Waals surface area contributed by atoms with Crippen molar-refractivity contribution >= 4 is 28.3 Å². The van der Waals surface area contributed by atoms with Gasteiger partial charge < -0.3 is 14.7 Å². The third-order valence-corrected chi connectivity index (χ3v) is 2.42. The van der Waals surface area contributed by atoms with Gasteiger partial charge in [-0.2, -0.15) is 4.98 Å². The van der Waals surface area contributed by atoms with Crippen molar-refractivity contribution in [3.05, 3.63) is 22.7 Å². The molecule has 0 amide bonds. The van der Waals surface area contributed by atoms with Crippen LogP contribution in [0, 0.1) is 0 Å². The van der Waals surface area contributed by atoms with Crippen molar-refractivity contribution in [2.24, 2.45) is 5.73 Å². The van der Waals surface area contributed by atoms with E-state index < -0.39 is 0 Å². The van der Waals surface area contributed by atoms with Gasteiger partial charge in [-0.15, -0.1) is 12.4 Å². The maximum atomic E-state index is 5.75. The molecule has 0 spiro atoms. The zero-order valence-corrected chi connectivity index (χ0v) is 10.9. The van der Waals surface area contributed by atoms with E-state index in [0.717, 1.165) is 6.42 Å². The number of aromatic nitrogens is 2. The average molecular weight is 309 g/mol. The van der Waals surface area contributed by atoms with E-state index >= 15 is 0 Å². The normalized spacial score (nSPS) is 12.2. The smallest absolute Gasteiger partial charge is 0.243 e. The van der Waals surface area contributed by atoms with Crippen LogP contribution in [0.4, 0.5) is 0 Å². The lowest BCUT2D eigenvalue weighted by atomic mass is 10.2. The summed E-state index contributed by atoms with van der Waals surface area (Å²) < 4.78 is 10.9. The number of halogens is 2. The van der Waals surface area contributed by atoms with Crippen molar-refractivity contribution in [2.75, 3.05) is 0 Å². The Labute approximate surface area is 107 Å². The highest BCUT2D eigenvalue weighted by atomic mass is 79.9. The van der Waals surface area contributed by atoms with Crippen LogP contribution in [0.3, 0.4) is 0 Å². The lowest BCUT2D eigenvalue weighted by Crippen LogP contribution is -2.08. The molecule has 2 heterocycles. The van der Waals surface area contributed by atoms with E-state index in [1.165, 1.54) is 0 Å². The minimum Gasteiger partial charge on any atom is -0.446 e. The number of furan rings is 1. The van der Waals surface area contributed by atoms with Gasteiger partial charge in [-0.3, -0.25) is 0 Å². The first-order valence-corrected chi connectivity index (χ1v) is 5.35. The van der Waals surface area contributed by atoms with Gasteiger partial charge in [0.15, 0.2) is 10.4 Å². The Morgan fingerprint density at radius 2 is 2.25 bits per heavy atom. The molecule has 1 atom stereocenters. The van der Waals surface area contributed by atoms with Crippen molar-refractivity contribution < 1.29 is 8.94 Å². The molecule has 2 aromatic rings. The topological polar surface area (TPSA) is 78.1 Å². The second-order valence-electron chi connectivity index (χ2n) is 3.07. The summed E-state index contributed by atoms with van der Waals surface area (Å²) in [6, 6.07) is 3.31. The predicted molar refractivity (Wildman–Crippen MR) is 64.2 cm³/mol. The molecule has 0 aliphatic carbocycles. The van der Waals surface area contributed by atoms with Gasteiger partial charge in [-0.1, -0.05) is 12.1 Å². The Kier molecular flexibility index (Phi) is 4.52. The van der Waals surface area contributed by atoms with Gasteiger partial charge in [-0.25, -0.2) is 0 Å². The van der Waals surface area contributed by atoms with Crippen LogP contribution >= 0.6 is 28.3 Å². The molecule has 0 bridgehead atoms. The zero-order chi connectivity index (χ0) is 10.8. The molecule has 2 N–H and O–H groups in total. The lowest BCUT2D eigenvalue weighted by Gasteiger charge is -1.98. The van der Waals surface area contributed by atoms with Gasteiger partial charge in [-0.05, 0) is 34.5 Å². The molecular weight excluding hydrogens is 297 g/mol. The quantitative estimate of drug-likeness (QED) is 0.943. The standard InChI is InChI=1S/C9H10BrN3O2.ClH/c1-2-5(11)9-12-8(13-15-9)6-3-4-7(10)14-6;/h3-5H,2,11H2,1H3;1H/t5-;/m0./s1. The average Bonchev–Trinajstić information content (AvgIpc) is 2.84. The molecule has 0 saturated heterocycles. The van der Waals surface area contributed by atoms with E-state index in [2.05, 4.69) is 26.1 Å². The summed E-state index contributed by atoms with van der Waals surface area (Å²) in [5.74, 6) is 1.40. The minimum atomic E-state index is -0.218. The van der Waals surface area contributed by atoms with Crippen molar-refractivity contribution in [1.29, 1.82) is 0 Å². The molecule has 0 saturated carbocycles. The summed E-state index contributed by atoms with van der Waals surface area (Å²) in [4.78, 5) is 4.15.